The van der Waals surface area contributed by atoms with Gasteiger partial charge in [0.1, 0.15) is 25.2 Å². The molecule has 4 heteroatoms. The Kier molecular flexibility index (Phi) is 6.67. The molecule has 2 aliphatic rings. The summed E-state index contributed by atoms with van der Waals surface area (Å²) >= 11 is 0. The molecule has 134 valence electrons. The van der Waals surface area contributed by atoms with E-state index in [1.54, 1.807) is 4.90 Å². The van der Waals surface area contributed by atoms with Crippen LogP contribution in [0.25, 0.3) is 0 Å². The molecule has 4 N–H and O–H groups in total. The number of nitrogens with two attached hydrogens (primary N) is 1. The van der Waals surface area contributed by atoms with Gasteiger partial charge in [-0.15, -0.1) is 0 Å². The van der Waals surface area contributed by atoms with Crippen molar-refractivity contribution in [1.82, 2.24) is 0 Å². The third-order valence-electron chi connectivity index (χ3n) is 5.78. The lowest BCUT2D eigenvalue weighted by Gasteiger charge is -2.26. The molecule has 1 aliphatic carbocycles. The predicted molar refractivity (Wildman–Crippen MR) is 95.1 cm³/mol. The molecule has 4 atom stereocenters. The van der Waals surface area contributed by atoms with Gasteiger partial charge in [-0.05, 0) is 37.3 Å². The molecule has 0 bridgehead atoms. The Morgan fingerprint density at radius 3 is 3.04 bits per heavy atom. The molecule has 0 saturated carbocycles. The van der Waals surface area contributed by atoms with Crippen LogP contribution in [0.2, 0.25) is 0 Å². The predicted octanol–water partition coefficient (Wildman–Crippen LogP) is 0.0721. The summed E-state index contributed by atoms with van der Waals surface area (Å²) in [6, 6.07) is 9.36. The second kappa shape index (κ2) is 8.95. The minimum atomic E-state index is -0.370. The number of aryl methyl sites for hydroxylation is 1. The Labute approximate surface area is 146 Å². The van der Waals surface area contributed by atoms with Gasteiger partial charge in [-0.3, -0.25) is 0 Å². The van der Waals surface area contributed by atoms with Crippen LogP contribution < -0.4 is 10.2 Å². The number of hydrogen-bond donors (Lipinski definition) is 3. The molecule has 1 aromatic rings. The molecule has 1 heterocycles. The fourth-order valence-electron chi connectivity index (χ4n) is 4.40. The van der Waals surface area contributed by atoms with Crippen molar-refractivity contribution < 1.29 is 20.1 Å². The molecule has 3 rings (SSSR count). The highest BCUT2D eigenvalue weighted by Crippen LogP contribution is 2.32. The molecule has 1 aromatic carbocycles. The van der Waals surface area contributed by atoms with Crippen LogP contribution in [0.5, 0.6) is 0 Å². The van der Waals surface area contributed by atoms with Crippen molar-refractivity contribution in [3.63, 3.8) is 0 Å². The van der Waals surface area contributed by atoms with Crippen molar-refractivity contribution in [3.05, 3.63) is 35.4 Å². The number of ether oxygens (including phenoxy) is 1. The van der Waals surface area contributed by atoms with Crippen molar-refractivity contribution in [2.45, 2.75) is 57.3 Å². The van der Waals surface area contributed by atoms with Crippen LogP contribution in [0.4, 0.5) is 0 Å². The summed E-state index contributed by atoms with van der Waals surface area (Å²) in [5, 5.41) is 12.5. The van der Waals surface area contributed by atoms with Crippen LogP contribution in [-0.4, -0.2) is 50.0 Å². The molecule has 0 aromatic heterocycles. The van der Waals surface area contributed by atoms with E-state index < -0.39 is 0 Å². The zero-order valence-electron chi connectivity index (χ0n) is 15.0. The average molecular weight is 335 g/mol. The number of aliphatic hydroxyl groups excluding tert-OH is 1. The van der Waals surface area contributed by atoms with E-state index in [9.17, 15) is 5.11 Å². The van der Waals surface area contributed by atoms with Gasteiger partial charge in [-0.25, -0.2) is 0 Å². The molecule has 1 saturated heterocycles. The van der Waals surface area contributed by atoms with Gasteiger partial charge in [0.15, 0.2) is 0 Å². The van der Waals surface area contributed by atoms with Gasteiger partial charge < -0.3 is 20.1 Å². The molecule has 1 unspecified atom stereocenters. The van der Waals surface area contributed by atoms with E-state index in [2.05, 4.69) is 36.5 Å². The smallest absolute Gasteiger partial charge is 0.137 e. The fourth-order valence-corrected chi connectivity index (χ4v) is 4.40. The lowest BCUT2D eigenvalue weighted by atomic mass is 9.89. The van der Waals surface area contributed by atoms with Crippen LogP contribution in [0.1, 0.15) is 49.8 Å². The minimum absolute atomic E-state index is 0.166. The second-order valence-electron chi connectivity index (χ2n) is 7.43. The van der Waals surface area contributed by atoms with Gasteiger partial charge in [0.25, 0.3) is 0 Å². The van der Waals surface area contributed by atoms with Crippen LogP contribution in [0, 0.1) is 0 Å². The molecule has 0 spiro atoms. The second-order valence-corrected chi connectivity index (χ2v) is 7.43. The molecular formula is C20H34N2O2+2. The molecule has 4 nitrogen and oxygen atoms in total. The van der Waals surface area contributed by atoms with E-state index in [1.807, 2.05) is 0 Å². The number of aliphatic hydroxyl groups is 1. The van der Waals surface area contributed by atoms with Crippen LogP contribution >= 0.6 is 0 Å². The first-order valence-corrected chi connectivity index (χ1v) is 9.81. The lowest BCUT2D eigenvalue weighted by Crippen LogP contribution is -3.16. The van der Waals surface area contributed by atoms with E-state index in [1.165, 1.54) is 43.5 Å². The first kappa shape index (κ1) is 17.9. The molecule has 1 aliphatic heterocycles. The summed E-state index contributed by atoms with van der Waals surface area (Å²) in [5.74, 6) is 0. The first-order valence-electron chi connectivity index (χ1n) is 9.81. The molecular weight excluding hydrogens is 300 g/mol. The Balaban J connectivity index is 1.38. The van der Waals surface area contributed by atoms with Gasteiger partial charge in [0, 0.05) is 12.8 Å². The van der Waals surface area contributed by atoms with E-state index >= 15 is 0 Å². The monoisotopic (exact) mass is 334 g/mol. The number of hydrogen-bond acceptors (Lipinski definition) is 2. The molecule has 0 amide bonds. The number of likely N-dealkylation sites (N-methyl/N-ethyl adjacent to an activating group) is 1. The maximum Gasteiger partial charge on any atom is 0.137 e. The zero-order valence-corrected chi connectivity index (χ0v) is 15.0. The zero-order chi connectivity index (χ0) is 16.8. The summed E-state index contributed by atoms with van der Waals surface area (Å²) in [6.45, 7) is 7.16. The highest BCUT2D eigenvalue weighted by molar-refractivity contribution is 5.31. The summed E-state index contributed by atoms with van der Waals surface area (Å²) in [6.07, 6.45) is 5.90. The van der Waals surface area contributed by atoms with Gasteiger partial charge in [0.05, 0.1) is 25.8 Å². The van der Waals surface area contributed by atoms with E-state index in [-0.39, 0.29) is 12.2 Å². The largest absolute Gasteiger partial charge is 0.385 e. The van der Waals surface area contributed by atoms with Crippen molar-refractivity contribution in [3.8, 4) is 0 Å². The molecule has 1 fully saturated rings. The van der Waals surface area contributed by atoms with Crippen LogP contribution in [-0.2, 0) is 11.2 Å². The quantitative estimate of drug-likeness (QED) is 0.630. The number of nitrogens with one attached hydrogen (secondary N) is 1. The highest BCUT2D eigenvalue weighted by atomic mass is 16.5. The van der Waals surface area contributed by atoms with Gasteiger partial charge in [-0.2, -0.15) is 0 Å². The molecule has 0 radical (unpaired) electrons. The fraction of sp³-hybridized carbons (Fsp3) is 0.700. The third kappa shape index (κ3) is 4.57. The summed E-state index contributed by atoms with van der Waals surface area (Å²) < 4.78 is 6.06. The minimum Gasteiger partial charge on any atom is -0.385 e. The topological polar surface area (TPSA) is 50.5 Å². The van der Waals surface area contributed by atoms with E-state index in [4.69, 9.17) is 4.74 Å². The van der Waals surface area contributed by atoms with Crippen molar-refractivity contribution in [2.75, 3.05) is 32.8 Å². The van der Waals surface area contributed by atoms with Gasteiger partial charge in [0.2, 0.25) is 0 Å². The SMILES string of the molecule is CC[NH+]1CCC[C@H]1C[NH2+]C[C@H](O)CO[C@@H]1CCCc2ccccc21. The Morgan fingerprint density at radius 2 is 2.17 bits per heavy atom. The Morgan fingerprint density at radius 1 is 1.29 bits per heavy atom. The van der Waals surface area contributed by atoms with E-state index in [0.717, 1.165) is 32.0 Å². The first-order chi connectivity index (χ1) is 11.8. The summed E-state index contributed by atoms with van der Waals surface area (Å²) in [5.41, 5.74) is 2.74. The number of benzene rings is 1. The molecule has 24 heavy (non-hydrogen) atoms. The van der Waals surface area contributed by atoms with Crippen LogP contribution in [0.3, 0.4) is 0 Å². The van der Waals surface area contributed by atoms with E-state index in [0.29, 0.717) is 6.61 Å². The van der Waals surface area contributed by atoms with Gasteiger partial charge in [-0.1, -0.05) is 24.3 Å². The average Bonchev–Trinajstić information content (AvgIpc) is 3.07. The maximum absolute atomic E-state index is 10.3. The number of fused-ring (bicyclic) bond motifs is 1. The summed E-state index contributed by atoms with van der Waals surface area (Å²) in [4.78, 5) is 1.73. The number of rotatable bonds is 8. The standard InChI is InChI=1S/C20H32N2O2/c1-2-22-12-6-9-17(22)13-21-14-18(23)15-24-20-11-5-8-16-7-3-4-10-19(16)20/h3-4,7,10,17-18,20-21,23H,2,5-6,8-9,11-15H2,1H3/p+2/t17-,18-,20+/m0/s1. The number of quaternary nitrogens is 2. The highest BCUT2D eigenvalue weighted by Gasteiger charge is 2.28. The Hall–Kier alpha value is -0.940. The van der Waals surface area contributed by atoms with Crippen molar-refractivity contribution in [2.24, 2.45) is 0 Å². The van der Waals surface area contributed by atoms with Crippen molar-refractivity contribution >= 4 is 0 Å². The maximum atomic E-state index is 10.3. The van der Waals surface area contributed by atoms with Crippen LogP contribution in [0.15, 0.2) is 24.3 Å². The van der Waals surface area contributed by atoms with Crippen molar-refractivity contribution in [1.29, 1.82) is 0 Å². The third-order valence-corrected chi connectivity index (χ3v) is 5.78. The number of likely N-dealkylation sites (tertiary alicyclic amines) is 1. The summed E-state index contributed by atoms with van der Waals surface area (Å²) in [7, 11) is 0. The Bertz CT molecular complexity index is 508. The van der Waals surface area contributed by atoms with Gasteiger partial charge >= 0.3 is 0 Å². The lowest BCUT2D eigenvalue weighted by molar-refractivity contribution is -0.924. The normalized spacial score (nSPS) is 27.8.